The fraction of sp³-hybridized carbons (Fsp3) is 0.385. The van der Waals surface area contributed by atoms with E-state index < -0.39 is 12.4 Å². The number of piperidine rings is 1. The number of ether oxygens (including phenoxy) is 1. The van der Waals surface area contributed by atoms with Crippen LogP contribution in [0, 0.1) is 15.5 Å². The molecule has 10 heteroatoms. The van der Waals surface area contributed by atoms with E-state index in [1.807, 2.05) is 30.3 Å². The molecule has 2 aromatic carbocycles. The molecule has 0 saturated carbocycles. The third kappa shape index (κ3) is 4.32. The summed E-state index contributed by atoms with van der Waals surface area (Å²) >= 11 is 0. The molecule has 0 aromatic heterocycles. The number of fused-ring (bicyclic) bond motifs is 1. The molecule has 36 heavy (non-hydrogen) atoms. The first kappa shape index (κ1) is 24.3. The Hall–Kier alpha value is -3.45. The number of methoxy groups -OCH3 is 1. The van der Waals surface area contributed by atoms with Crippen LogP contribution in [0.1, 0.15) is 39.5 Å². The molecular weight excluding hydrogens is 477 g/mol. The molecule has 0 spiro atoms. The van der Waals surface area contributed by atoms with Gasteiger partial charge in [-0.1, -0.05) is 38.1 Å². The molecule has 0 radical (unpaired) electrons. The standard InChI is InChI=1S/C26H32N5O4P/c1-26(2)17-22-25(23(18-26)29-14-8-5-9-15-29)36(34,30(27-22)19-10-6-4-7-11-19)28-21-16-20(31(32)33)12-13-24(21)35-3/h4,6-7,10-13,16-17,27H,5,8-9,14-15,18H2,1-3H3,(H,28,34)/t36-/m0/s1. The molecule has 1 atom stereocenters. The van der Waals surface area contributed by atoms with Gasteiger partial charge in [-0.05, 0) is 49.3 Å². The summed E-state index contributed by atoms with van der Waals surface area (Å²) in [7, 11) is -2.09. The van der Waals surface area contributed by atoms with Crippen molar-refractivity contribution in [3.8, 4) is 5.75 Å². The van der Waals surface area contributed by atoms with Gasteiger partial charge in [0.05, 0.1) is 34.4 Å². The van der Waals surface area contributed by atoms with Gasteiger partial charge in [0.15, 0.2) is 0 Å². The number of likely N-dealkylation sites (tertiary alicyclic amines) is 1. The molecule has 2 saturated heterocycles. The van der Waals surface area contributed by atoms with Crippen molar-refractivity contribution in [3.05, 3.63) is 81.4 Å². The Balaban J connectivity index is 1.71. The van der Waals surface area contributed by atoms with Crippen LogP contribution in [-0.4, -0.2) is 30.0 Å². The van der Waals surface area contributed by atoms with E-state index in [4.69, 9.17) is 4.74 Å². The zero-order valence-electron chi connectivity index (χ0n) is 20.9. The lowest BCUT2D eigenvalue weighted by atomic mass is 9.82. The summed E-state index contributed by atoms with van der Waals surface area (Å²) in [5.41, 5.74) is 6.14. The minimum absolute atomic E-state index is 0.103. The van der Waals surface area contributed by atoms with E-state index in [2.05, 4.69) is 35.3 Å². The minimum Gasteiger partial charge on any atom is -0.495 e. The van der Waals surface area contributed by atoms with Crippen LogP contribution in [0.25, 0.3) is 0 Å². The summed E-state index contributed by atoms with van der Waals surface area (Å²) < 4.78 is 22.5. The van der Waals surface area contributed by atoms with E-state index in [1.54, 1.807) is 4.78 Å². The highest BCUT2D eigenvalue weighted by molar-refractivity contribution is 7.71. The molecule has 2 heterocycles. The monoisotopic (exact) mass is 509 g/mol. The second-order valence-corrected chi connectivity index (χ2v) is 12.4. The number of allylic oxidation sites excluding steroid dienone is 3. The summed E-state index contributed by atoms with van der Waals surface area (Å²) in [6.07, 6.45) is 6.30. The molecule has 2 fully saturated rings. The van der Waals surface area contributed by atoms with Crippen molar-refractivity contribution in [2.45, 2.75) is 39.5 Å². The lowest BCUT2D eigenvalue weighted by Crippen LogP contribution is -2.34. The average molecular weight is 510 g/mol. The Labute approximate surface area is 211 Å². The van der Waals surface area contributed by atoms with Crippen molar-refractivity contribution in [3.63, 3.8) is 0 Å². The van der Waals surface area contributed by atoms with Crippen molar-refractivity contribution in [2.75, 3.05) is 30.1 Å². The number of hydrogen-bond donors (Lipinski definition) is 2. The first-order chi connectivity index (χ1) is 17.2. The van der Waals surface area contributed by atoms with Crippen LogP contribution in [-0.2, 0) is 4.57 Å². The third-order valence-corrected chi connectivity index (χ3v) is 9.45. The number of nitrogens with zero attached hydrogens (tertiary/aromatic N) is 3. The van der Waals surface area contributed by atoms with Gasteiger partial charge in [-0.2, -0.15) is 0 Å². The van der Waals surface area contributed by atoms with Gasteiger partial charge in [-0.15, -0.1) is 0 Å². The summed E-state index contributed by atoms with van der Waals surface area (Å²) in [6.45, 7) is 6.23. The normalized spacial score (nSPS) is 23.0. The maximum atomic E-state index is 15.3. The lowest BCUT2D eigenvalue weighted by molar-refractivity contribution is -0.384. The predicted octanol–water partition coefficient (Wildman–Crippen LogP) is 6.24. The number of nitro groups is 1. The maximum Gasteiger partial charge on any atom is 0.312 e. The zero-order chi connectivity index (χ0) is 25.5. The molecule has 2 N–H and O–H groups in total. The number of hydrogen-bond acceptors (Lipinski definition) is 6. The first-order valence-electron chi connectivity index (χ1n) is 12.3. The van der Waals surface area contributed by atoms with Crippen LogP contribution in [0.15, 0.2) is 71.3 Å². The number of non-ortho nitro benzene ring substituents is 1. The number of hydrazine groups is 1. The number of benzene rings is 2. The van der Waals surface area contributed by atoms with Crippen molar-refractivity contribution in [1.82, 2.24) is 10.3 Å². The van der Waals surface area contributed by atoms with Crippen LogP contribution in [0.2, 0.25) is 0 Å². The number of nitro benzene ring substituents is 1. The van der Waals surface area contributed by atoms with Gasteiger partial charge in [0.25, 0.3) is 5.69 Å². The van der Waals surface area contributed by atoms with E-state index in [-0.39, 0.29) is 11.1 Å². The minimum atomic E-state index is -3.59. The molecule has 5 rings (SSSR count). The van der Waals surface area contributed by atoms with Gasteiger partial charge < -0.3 is 14.7 Å². The lowest BCUT2D eigenvalue weighted by Gasteiger charge is -2.39. The average Bonchev–Trinajstić information content (AvgIpc) is 3.15. The molecule has 2 aromatic rings. The highest BCUT2D eigenvalue weighted by Gasteiger charge is 2.50. The molecule has 190 valence electrons. The molecule has 0 bridgehead atoms. The smallest absolute Gasteiger partial charge is 0.312 e. The summed E-state index contributed by atoms with van der Waals surface area (Å²) in [5.74, 6) is 0.387. The molecule has 0 unspecified atom stereocenters. The largest absolute Gasteiger partial charge is 0.495 e. The van der Waals surface area contributed by atoms with E-state index in [9.17, 15) is 10.1 Å². The van der Waals surface area contributed by atoms with Gasteiger partial charge in [-0.3, -0.25) is 20.1 Å². The number of anilines is 2. The number of rotatable bonds is 6. The predicted molar refractivity (Wildman–Crippen MR) is 142 cm³/mol. The van der Waals surface area contributed by atoms with Crippen molar-refractivity contribution in [2.24, 2.45) is 5.41 Å². The third-order valence-electron chi connectivity index (χ3n) is 6.90. The Morgan fingerprint density at radius 2 is 1.83 bits per heavy atom. The van der Waals surface area contributed by atoms with E-state index >= 15 is 4.57 Å². The second-order valence-electron chi connectivity index (χ2n) is 10.2. The zero-order valence-corrected chi connectivity index (χ0v) is 21.8. The van der Waals surface area contributed by atoms with Crippen LogP contribution in [0.3, 0.4) is 0 Å². The van der Waals surface area contributed by atoms with Gasteiger partial charge in [0, 0.05) is 30.9 Å². The Kier molecular flexibility index (Phi) is 6.20. The van der Waals surface area contributed by atoms with Crippen LogP contribution < -0.4 is 20.0 Å². The Morgan fingerprint density at radius 3 is 2.50 bits per heavy atom. The van der Waals surface area contributed by atoms with Crippen molar-refractivity contribution < 1.29 is 14.2 Å². The molecular formula is C26H32N5O4P. The van der Waals surface area contributed by atoms with Crippen LogP contribution in [0.5, 0.6) is 5.75 Å². The summed E-state index contributed by atoms with van der Waals surface area (Å²) in [6, 6.07) is 13.8. The quantitative estimate of drug-likeness (QED) is 0.268. The summed E-state index contributed by atoms with van der Waals surface area (Å²) in [5, 5.41) is 15.5. The van der Waals surface area contributed by atoms with Crippen molar-refractivity contribution in [1.29, 1.82) is 0 Å². The maximum absolute atomic E-state index is 15.3. The van der Waals surface area contributed by atoms with E-state index in [0.717, 1.165) is 54.7 Å². The highest BCUT2D eigenvalue weighted by atomic mass is 31.2. The molecule has 0 amide bonds. The van der Waals surface area contributed by atoms with Crippen LogP contribution in [0.4, 0.5) is 17.1 Å². The molecule has 1 aliphatic carbocycles. The number of nitrogens with one attached hydrogen (secondary N) is 2. The molecule has 2 aliphatic heterocycles. The fourth-order valence-corrected chi connectivity index (χ4v) is 7.91. The van der Waals surface area contributed by atoms with Crippen LogP contribution >= 0.6 is 7.44 Å². The van der Waals surface area contributed by atoms with E-state index in [0.29, 0.717) is 11.4 Å². The van der Waals surface area contributed by atoms with Gasteiger partial charge >= 0.3 is 7.44 Å². The van der Waals surface area contributed by atoms with Gasteiger partial charge in [0.2, 0.25) is 0 Å². The van der Waals surface area contributed by atoms with E-state index in [1.165, 1.54) is 31.7 Å². The van der Waals surface area contributed by atoms with Gasteiger partial charge in [-0.25, -0.2) is 4.78 Å². The SMILES string of the molecule is COc1ccc([N+](=O)[O-])cc1N[P@@]1(=O)C2=C(N3CCCCC3)CC(C)(C)C=C2NN1c1ccccc1. The summed E-state index contributed by atoms with van der Waals surface area (Å²) in [4.78, 5) is 13.4. The van der Waals surface area contributed by atoms with Crippen molar-refractivity contribution >= 4 is 24.5 Å². The molecule has 3 aliphatic rings. The fourth-order valence-electron chi connectivity index (χ4n) is 5.28. The second kappa shape index (κ2) is 9.21. The topological polar surface area (TPSA) is 100.0 Å². The Bertz CT molecular complexity index is 1280. The number of para-hydroxylation sites is 1. The Morgan fingerprint density at radius 1 is 1.11 bits per heavy atom. The van der Waals surface area contributed by atoms with Gasteiger partial charge in [0.1, 0.15) is 5.75 Å². The first-order valence-corrected chi connectivity index (χ1v) is 13.9. The highest BCUT2D eigenvalue weighted by Crippen LogP contribution is 2.67. The molecule has 9 nitrogen and oxygen atoms in total.